The molecule has 0 spiro atoms. The number of likely N-dealkylation sites (tertiary alicyclic amines) is 2. The van der Waals surface area contributed by atoms with Crippen molar-refractivity contribution in [3.05, 3.63) is 115 Å². The predicted octanol–water partition coefficient (Wildman–Crippen LogP) is 14.5. The van der Waals surface area contributed by atoms with Crippen molar-refractivity contribution >= 4 is 127 Å². The molecule has 2 aromatic carbocycles. The second-order valence-electron chi connectivity index (χ2n) is 37.0. The molecule has 10 rings (SSSR count). The van der Waals surface area contributed by atoms with Crippen LogP contribution in [0.25, 0.3) is 33.0 Å². The summed E-state index contributed by atoms with van der Waals surface area (Å²) in [5.41, 5.74) is -6.48. The summed E-state index contributed by atoms with van der Waals surface area (Å²) in [6.07, 6.45) is 12.6. The zero-order valence-corrected chi connectivity index (χ0v) is 81.4. The number of methoxy groups -OCH3 is 2. The second kappa shape index (κ2) is 42.1. The number of halogens is 1. The molecule has 124 heavy (non-hydrogen) atoms. The van der Waals surface area contributed by atoms with E-state index in [0.29, 0.717) is 69.4 Å². The van der Waals surface area contributed by atoms with Crippen LogP contribution >= 0.6 is 15.9 Å². The minimum atomic E-state index is -3.95. The second-order valence-corrected chi connectivity index (χ2v) is 54.7. The van der Waals surface area contributed by atoms with E-state index in [-0.39, 0.29) is 50.5 Å². The van der Waals surface area contributed by atoms with E-state index in [2.05, 4.69) is 97.7 Å². The summed E-state index contributed by atoms with van der Waals surface area (Å²) in [6.45, 7) is 37.7. The maximum atomic E-state index is 14.6. The van der Waals surface area contributed by atoms with Crippen LogP contribution in [0.4, 0.5) is 9.59 Å². The molecule has 6 aromatic rings. The number of nitrogens with zero attached hydrogens (tertiary/aromatic N) is 4. The maximum absolute atomic E-state index is 14.6. The Morgan fingerprint density at radius 1 is 0.540 bits per heavy atom. The van der Waals surface area contributed by atoms with Gasteiger partial charge in [-0.1, -0.05) is 90.1 Å². The van der Waals surface area contributed by atoms with E-state index >= 15 is 0 Å². The molecule has 2 saturated heterocycles. The number of rotatable bonds is 35. The molecule has 0 bridgehead atoms. The fourth-order valence-corrected chi connectivity index (χ4v) is 33.7. The number of sulfonamides is 2. The van der Waals surface area contributed by atoms with E-state index in [1.165, 1.54) is 112 Å². The molecular weight excluding hydrogens is 1800 g/mol. The summed E-state index contributed by atoms with van der Waals surface area (Å²) in [7, 11) is -4.83. The number of fused-ring (bicyclic) bond motifs is 2. The molecule has 30 nitrogen and oxygen atoms in total. The van der Waals surface area contributed by atoms with Crippen LogP contribution in [0.3, 0.4) is 0 Å². The van der Waals surface area contributed by atoms with Gasteiger partial charge in [0, 0.05) is 34.4 Å². The Kier molecular flexibility index (Phi) is 34.1. The number of aromatic nitrogens is 2. The summed E-state index contributed by atoms with van der Waals surface area (Å²) < 4.78 is 108. The molecule has 2 aliphatic heterocycles. The van der Waals surface area contributed by atoms with Crippen LogP contribution < -0.4 is 53.4 Å². The molecule has 4 aromatic heterocycles. The van der Waals surface area contributed by atoms with Crippen molar-refractivity contribution in [2.24, 2.45) is 10.8 Å². The number of hydrogen-bond donors (Lipinski definition) is 6. The summed E-state index contributed by atoms with van der Waals surface area (Å²) in [5.74, 6) is -2.69. The number of amides is 8. The van der Waals surface area contributed by atoms with E-state index in [1.807, 2.05) is 54.8 Å². The first kappa shape index (κ1) is 100. The number of furan rings is 2. The number of unbranched alkanes of at least 4 members (excludes halogenated alkanes) is 3. The molecule has 0 radical (unpaired) electrons. The number of ether oxygens (including phenoxy) is 6. The summed E-state index contributed by atoms with van der Waals surface area (Å²) in [4.78, 5) is 122. The predicted molar refractivity (Wildman–Crippen MR) is 482 cm³/mol. The molecule has 6 N–H and O–H groups in total. The molecular formula is C90H129BrN10O20S2Sn. The molecule has 682 valence electrons. The fourth-order valence-electron chi connectivity index (χ4n) is 15.1. The first-order valence-electron chi connectivity index (χ1n) is 42.6. The van der Waals surface area contributed by atoms with Gasteiger partial charge in [-0.25, -0.2) is 36.4 Å². The van der Waals surface area contributed by atoms with E-state index in [4.69, 9.17) is 42.2 Å². The Balaban J connectivity index is 0.000000257. The van der Waals surface area contributed by atoms with Gasteiger partial charge in [-0.2, -0.15) is 0 Å². The van der Waals surface area contributed by atoms with Gasteiger partial charge in [-0.3, -0.25) is 38.2 Å². The number of hydrogen-bond acceptors (Lipinski definition) is 22. The first-order valence-corrected chi connectivity index (χ1v) is 54.0. The van der Waals surface area contributed by atoms with Gasteiger partial charge >= 0.3 is 130 Å². The van der Waals surface area contributed by atoms with Crippen molar-refractivity contribution in [2.45, 2.75) is 290 Å². The van der Waals surface area contributed by atoms with Crippen LogP contribution in [0.2, 0.25) is 13.3 Å². The standard InChI is InChI=1S/C39H51N5O10S.C35H48BrN5O9S.C4H3O.3C4H9.Sn/c1-10-19-39(8,35(47)43-55(49,50)24-17-18-24)42-32(45)27-21-23(22-44(27)34(46)31(37(2,3)4)41-36(48)54-38(5,6)7)53-33-26-15-12-11-14-25(26)30(51-9)29(40-33)28-16-13-20-52-28;1-10-17-35(8,31(44)40-51(46,47)21-15-16-21)39-28(42)24-18-20(49-29-23-14-12-11-13-22(23)25(48-9)27(36)38-29)19-41(24)30(43)26(33(2,3)4)37-32(45)50-34(5,6)7;1-2-4-5-3-1;3*1-3-4-2;/h10-16,20,23-24,27,31H,1,17-19,21-22H2,2-9H3,(H,41,48)(H,42,45)(H,43,47);10-14,20-21,24,26H,1,15-19H2,2-9H3,(H,37,45)(H,39,42)(H,40,44);1-3H;3*1,3-4H2,2H3;/t23-,27+,31-,39-;20-,24+,26-,35-;;;;;/m11...../s1. The quantitative estimate of drug-likeness (QED) is 0.0122. The zero-order chi connectivity index (χ0) is 91.9. The number of pyridine rings is 2. The summed E-state index contributed by atoms with van der Waals surface area (Å²) >= 11 is 1.24. The molecule has 4 aliphatic rings. The van der Waals surface area contributed by atoms with Crippen molar-refractivity contribution < 1.29 is 92.4 Å². The van der Waals surface area contributed by atoms with E-state index in [1.54, 1.807) is 95.2 Å². The Hall–Kier alpha value is -8.96. The molecule has 2 aliphatic carbocycles. The topological polar surface area (TPSA) is 391 Å². The van der Waals surface area contributed by atoms with Crippen LogP contribution in [-0.2, 0) is 58.3 Å². The van der Waals surface area contributed by atoms with Crippen LogP contribution in [0.5, 0.6) is 23.3 Å². The summed E-state index contributed by atoms with van der Waals surface area (Å²) in [5, 5.41) is 12.1. The Labute approximate surface area is 743 Å². The average Bonchev–Trinajstić information content (AvgIpc) is 1.42. The van der Waals surface area contributed by atoms with Crippen LogP contribution in [0, 0.1) is 10.8 Å². The number of nitrogens with one attached hydrogen (secondary N) is 6. The van der Waals surface area contributed by atoms with Gasteiger partial charge in [0.1, 0.15) is 58.7 Å². The van der Waals surface area contributed by atoms with E-state index in [9.17, 15) is 55.2 Å². The zero-order valence-electron chi connectivity index (χ0n) is 75.4. The van der Waals surface area contributed by atoms with Gasteiger partial charge in [-0.05, 0) is 145 Å². The number of carbonyl (C=O) groups is 8. The number of carbonyl (C=O) groups excluding carboxylic acids is 8. The minimum absolute atomic E-state index is 0.0211. The van der Waals surface area contributed by atoms with Gasteiger partial charge < -0.3 is 63.9 Å². The van der Waals surface area contributed by atoms with Crippen molar-refractivity contribution in [3.8, 4) is 34.7 Å². The van der Waals surface area contributed by atoms with Gasteiger partial charge in [0.15, 0.2) is 27.6 Å². The third-order valence-electron chi connectivity index (χ3n) is 22.0. The Morgan fingerprint density at radius 3 is 1.26 bits per heavy atom. The van der Waals surface area contributed by atoms with Crippen molar-refractivity contribution in [3.63, 3.8) is 0 Å². The van der Waals surface area contributed by atoms with E-state index < -0.39 is 166 Å². The Bertz CT molecular complexity index is 4980. The molecule has 8 atom stereocenters. The summed E-state index contributed by atoms with van der Waals surface area (Å²) in [6, 6.07) is 17.7. The molecule has 2 saturated carbocycles. The van der Waals surface area contributed by atoms with Gasteiger partial charge in [-0.15, -0.1) is 13.2 Å². The van der Waals surface area contributed by atoms with Crippen molar-refractivity contribution in [1.29, 1.82) is 0 Å². The SMILES string of the molecule is C=CC[C@@](C)(NC(=O)[C@@H]1C[C@@H](Oc2nc(-c3ccco3)c(OC)c3ccccc23)CN1C(=O)[C@@H](NC(=O)OC(C)(C)C)C(C)(C)C)C(=O)NS(=O)(=O)C1CC1.C=CC[C@@](C)(NC(=O)[C@@H]1C[C@@H](Oc2nc(Br)c(OC)c3ccccc23)CN1C(=O)[C@@H](NC(=O)OC(C)(C)C)C(C)(C)C)C(=O)NS(=O)(=O)C1CC1.CCC[CH2][Sn]([CH2]CCC)([CH2]CCC)[c]1ccco1. The molecule has 6 heterocycles. The molecule has 4 fully saturated rings. The molecule has 8 amide bonds. The Morgan fingerprint density at radius 2 is 0.919 bits per heavy atom. The third-order valence-corrected chi connectivity index (χ3v) is 41.1. The third kappa shape index (κ3) is 26.4. The first-order chi connectivity index (χ1) is 58.1. The normalized spacial score (nSPS) is 18.4. The van der Waals surface area contributed by atoms with Gasteiger partial charge in [0.05, 0.1) is 44.1 Å². The van der Waals surface area contributed by atoms with Crippen molar-refractivity contribution in [2.75, 3.05) is 27.3 Å². The van der Waals surface area contributed by atoms with Crippen LogP contribution in [0.1, 0.15) is 208 Å². The monoisotopic (exact) mass is 1930 g/mol. The van der Waals surface area contributed by atoms with Gasteiger partial charge in [0.2, 0.25) is 55.4 Å². The number of benzene rings is 2. The molecule has 0 unspecified atom stereocenters. The molecule has 34 heteroatoms. The van der Waals surface area contributed by atoms with Crippen LogP contribution in [0.15, 0.2) is 124 Å². The van der Waals surface area contributed by atoms with E-state index in [0.717, 1.165) is 5.39 Å². The number of alkyl carbamates (subject to hydrolysis) is 2. The fraction of sp³-hybridized carbons (Fsp3) is 0.578. The van der Waals surface area contributed by atoms with Gasteiger partial charge in [0.25, 0.3) is 11.8 Å². The van der Waals surface area contributed by atoms with Crippen LogP contribution in [-0.4, -0.2) is 199 Å². The van der Waals surface area contributed by atoms with Crippen molar-refractivity contribution in [1.82, 2.24) is 50.5 Å². The average molecular weight is 1930 g/mol.